The van der Waals surface area contributed by atoms with E-state index < -0.39 is 12.6 Å². The van der Waals surface area contributed by atoms with Crippen LogP contribution in [-0.2, 0) is 12.0 Å². The molecule has 0 aliphatic heterocycles. The Kier molecular flexibility index (Phi) is 3.66. The first-order valence-electron chi connectivity index (χ1n) is 6.34. The van der Waals surface area contributed by atoms with Crippen LogP contribution in [0.5, 0.6) is 0 Å². The molecule has 100 valence electrons. The summed E-state index contributed by atoms with van der Waals surface area (Å²) >= 11 is 0. The third-order valence-electron chi connectivity index (χ3n) is 3.68. The fraction of sp³-hybridized carbons (Fsp3) is 0.571. The van der Waals surface area contributed by atoms with Crippen LogP contribution in [0.1, 0.15) is 43.2 Å². The third-order valence-corrected chi connectivity index (χ3v) is 3.68. The summed E-state index contributed by atoms with van der Waals surface area (Å²) in [5, 5.41) is 0. The lowest BCUT2D eigenvalue weighted by atomic mass is 9.77. The van der Waals surface area contributed by atoms with Crippen LogP contribution in [0.25, 0.3) is 0 Å². The van der Waals surface area contributed by atoms with Gasteiger partial charge in [0.1, 0.15) is 0 Å². The summed E-state index contributed by atoms with van der Waals surface area (Å²) in [6.07, 6.45) is 0.224. The van der Waals surface area contributed by atoms with E-state index in [9.17, 15) is 13.2 Å². The molecule has 1 fully saturated rings. The minimum absolute atomic E-state index is 0.297. The van der Waals surface area contributed by atoms with Crippen LogP contribution in [0, 0.1) is 0 Å². The molecule has 1 aliphatic rings. The van der Waals surface area contributed by atoms with Crippen molar-refractivity contribution in [3.05, 3.63) is 35.4 Å². The van der Waals surface area contributed by atoms with Crippen molar-refractivity contribution in [1.82, 2.24) is 0 Å². The van der Waals surface area contributed by atoms with E-state index in [1.807, 2.05) is 0 Å². The predicted octanol–water partition coefficient (Wildman–Crippen LogP) is 3.91. The van der Waals surface area contributed by atoms with E-state index in [1.54, 1.807) is 24.3 Å². The summed E-state index contributed by atoms with van der Waals surface area (Å²) in [4.78, 5) is 0. The maximum Gasteiger partial charge on any atom is 0.393 e. The van der Waals surface area contributed by atoms with Gasteiger partial charge in [-0.1, -0.05) is 43.5 Å². The predicted molar refractivity (Wildman–Crippen MR) is 65.2 cm³/mol. The topological polar surface area (TPSA) is 26.0 Å². The number of benzene rings is 1. The zero-order chi connectivity index (χ0) is 13.2. The molecule has 0 atom stereocenters. The zero-order valence-electron chi connectivity index (χ0n) is 10.3. The number of nitrogens with two attached hydrogens (primary N) is 1. The molecule has 0 saturated heterocycles. The monoisotopic (exact) mass is 257 g/mol. The number of rotatable bonds is 2. The van der Waals surface area contributed by atoms with Crippen molar-refractivity contribution in [1.29, 1.82) is 0 Å². The normalized spacial score (nSPS) is 19.8. The molecule has 2 N–H and O–H groups in total. The number of alkyl halides is 3. The lowest BCUT2D eigenvalue weighted by molar-refractivity contribution is -0.127. The van der Waals surface area contributed by atoms with Crippen molar-refractivity contribution < 1.29 is 13.2 Å². The van der Waals surface area contributed by atoms with E-state index in [2.05, 4.69) is 0 Å². The highest BCUT2D eigenvalue weighted by Gasteiger charge is 2.30. The smallest absolute Gasteiger partial charge is 0.321 e. The first kappa shape index (κ1) is 13.4. The minimum Gasteiger partial charge on any atom is -0.321 e. The molecule has 0 bridgehead atoms. The molecule has 0 amide bonds. The number of hydrogen-bond acceptors (Lipinski definition) is 1. The van der Waals surface area contributed by atoms with Gasteiger partial charge in [0.15, 0.2) is 0 Å². The molecule has 0 unspecified atom stereocenters. The van der Waals surface area contributed by atoms with Gasteiger partial charge in [-0.3, -0.25) is 0 Å². The summed E-state index contributed by atoms with van der Waals surface area (Å²) in [6, 6.07) is 6.61. The first-order valence-corrected chi connectivity index (χ1v) is 6.34. The van der Waals surface area contributed by atoms with Gasteiger partial charge in [0.05, 0.1) is 6.42 Å². The van der Waals surface area contributed by atoms with Gasteiger partial charge < -0.3 is 5.73 Å². The highest BCUT2D eigenvalue weighted by Crippen LogP contribution is 2.35. The second-order valence-corrected chi connectivity index (χ2v) is 5.21. The van der Waals surface area contributed by atoms with Gasteiger partial charge in [0, 0.05) is 5.54 Å². The highest BCUT2D eigenvalue weighted by molar-refractivity contribution is 5.29. The van der Waals surface area contributed by atoms with Gasteiger partial charge in [-0.05, 0) is 24.0 Å². The summed E-state index contributed by atoms with van der Waals surface area (Å²) in [6.45, 7) is 0. The standard InChI is InChI=1S/C14H18F3N/c15-14(16,17)10-11-4-6-12(7-5-11)13(18)8-2-1-3-9-13/h4-7H,1-3,8-10,18H2. The fourth-order valence-electron chi connectivity index (χ4n) is 2.66. The highest BCUT2D eigenvalue weighted by atomic mass is 19.4. The maximum absolute atomic E-state index is 12.2. The van der Waals surface area contributed by atoms with E-state index in [4.69, 9.17) is 5.73 Å². The van der Waals surface area contributed by atoms with E-state index >= 15 is 0 Å². The second kappa shape index (κ2) is 4.92. The molecule has 2 rings (SSSR count). The van der Waals surface area contributed by atoms with Crippen LogP contribution in [0.2, 0.25) is 0 Å². The Labute approximate surface area is 105 Å². The van der Waals surface area contributed by atoms with Crippen LogP contribution in [0.15, 0.2) is 24.3 Å². The number of halogens is 3. The second-order valence-electron chi connectivity index (χ2n) is 5.21. The van der Waals surface area contributed by atoms with Gasteiger partial charge in [0.2, 0.25) is 0 Å². The van der Waals surface area contributed by atoms with E-state index in [0.717, 1.165) is 31.2 Å². The van der Waals surface area contributed by atoms with Crippen molar-refractivity contribution in [2.75, 3.05) is 0 Å². The number of hydrogen-bond donors (Lipinski definition) is 1. The first-order chi connectivity index (χ1) is 8.39. The van der Waals surface area contributed by atoms with Crippen LogP contribution in [0.3, 0.4) is 0 Å². The molecule has 4 heteroatoms. The Morgan fingerprint density at radius 1 is 1.00 bits per heavy atom. The molecule has 1 aromatic carbocycles. The Balaban J connectivity index is 2.12. The molecule has 0 heterocycles. The van der Waals surface area contributed by atoms with Crippen molar-refractivity contribution in [3.8, 4) is 0 Å². The largest absolute Gasteiger partial charge is 0.393 e. The molecule has 1 aromatic rings. The van der Waals surface area contributed by atoms with Crippen molar-refractivity contribution in [2.45, 2.75) is 50.2 Å². The van der Waals surface area contributed by atoms with Gasteiger partial charge in [-0.2, -0.15) is 13.2 Å². The van der Waals surface area contributed by atoms with E-state index in [0.29, 0.717) is 5.56 Å². The van der Waals surface area contributed by atoms with Crippen molar-refractivity contribution >= 4 is 0 Å². The molecule has 0 spiro atoms. The van der Waals surface area contributed by atoms with Crippen LogP contribution in [0.4, 0.5) is 13.2 Å². The van der Waals surface area contributed by atoms with Crippen molar-refractivity contribution in [3.63, 3.8) is 0 Å². The molecule has 1 nitrogen and oxygen atoms in total. The zero-order valence-corrected chi connectivity index (χ0v) is 10.3. The molecule has 0 aromatic heterocycles. The quantitative estimate of drug-likeness (QED) is 0.854. The van der Waals surface area contributed by atoms with Crippen molar-refractivity contribution in [2.24, 2.45) is 5.73 Å². The average Bonchev–Trinajstić information content (AvgIpc) is 2.28. The molecule has 1 aliphatic carbocycles. The Morgan fingerprint density at radius 3 is 2.06 bits per heavy atom. The van der Waals surface area contributed by atoms with Crippen LogP contribution >= 0.6 is 0 Å². The van der Waals surface area contributed by atoms with E-state index in [1.165, 1.54) is 6.42 Å². The van der Waals surface area contributed by atoms with Gasteiger partial charge in [0.25, 0.3) is 0 Å². The Hall–Kier alpha value is -1.03. The average molecular weight is 257 g/mol. The lowest BCUT2D eigenvalue weighted by Gasteiger charge is -2.34. The Bertz CT molecular complexity index is 388. The molecular weight excluding hydrogens is 239 g/mol. The molecule has 18 heavy (non-hydrogen) atoms. The lowest BCUT2D eigenvalue weighted by Crippen LogP contribution is -2.38. The van der Waals surface area contributed by atoms with Crippen LogP contribution < -0.4 is 5.73 Å². The minimum atomic E-state index is -4.15. The van der Waals surface area contributed by atoms with Crippen LogP contribution in [-0.4, -0.2) is 6.18 Å². The molecular formula is C14H18F3N. The summed E-state index contributed by atoms with van der Waals surface area (Å²) in [5.74, 6) is 0. The fourth-order valence-corrected chi connectivity index (χ4v) is 2.66. The molecule has 1 saturated carbocycles. The summed E-state index contributed by atoms with van der Waals surface area (Å²) in [7, 11) is 0. The summed E-state index contributed by atoms with van der Waals surface area (Å²) < 4.78 is 36.7. The van der Waals surface area contributed by atoms with Gasteiger partial charge in [-0.15, -0.1) is 0 Å². The SMILES string of the molecule is NC1(c2ccc(CC(F)(F)F)cc2)CCCCC1. The van der Waals surface area contributed by atoms with Gasteiger partial charge >= 0.3 is 6.18 Å². The third kappa shape index (κ3) is 3.25. The molecule has 0 radical (unpaired) electrons. The summed E-state index contributed by atoms with van der Waals surface area (Å²) in [5.41, 5.74) is 7.26. The van der Waals surface area contributed by atoms with Gasteiger partial charge in [-0.25, -0.2) is 0 Å². The Morgan fingerprint density at radius 2 is 1.56 bits per heavy atom. The van der Waals surface area contributed by atoms with E-state index in [-0.39, 0.29) is 5.54 Å². The maximum atomic E-state index is 12.2.